The van der Waals surface area contributed by atoms with Gasteiger partial charge >= 0.3 is 5.97 Å². The zero-order chi connectivity index (χ0) is 26.2. The Kier molecular flexibility index (Phi) is 8.56. The van der Waals surface area contributed by atoms with Crippen LogP contribution in [0.1, 0.15) is 32.0 Å². The number of methoxy groups -OCH3 is 1. The Morgan fingerprint density at radius 2 is 1.38 bits per heavy atom. The zero-order valence-corrected chi connectivity index (χ0v) is 21.1. The van der Waals surface area contributed by atoms with Gasteiger partial charge in [0.1, 0.15) is 24.7 Å². The lowest BCUT2D eigenvalue weighted by molar-refractivity contribution is 0.0593. The fourth-order valence-corrected chi connectivity index (χ4v) is 3.59. The Labute approximate surface area is 223 Å². The molecule has 3 aromatic carbocycles. The first-order valence-electron chi connectivity index (χ1n) is 11.0. The maximum atomic E-state index is 13.0. The lowest BCUT2D eigenvalue weighted by atomic mass is 10.1. The van der Waals surface area contributed by atoms with Gasteiger partial charge in [0.05, 0.1) is 19.5 Å². The smallest absolute Gasteiger partial charge is 0.358 e. The van der Waals surface area contributed by atoms with E-state index in [4.69, 9.17) is 32.7 Å². The highest BCUT2D eigenvalue weighted by atomic mass is 35.5. The SMILES string of the molecule is COC(=O)c1cnc(NC(=O)c2cc(OCc3ccccc3Cl)cc(OCc3ccccc3Cl)c2)cn1. The minimum Gasteiger partial charge on any atom is -0.489 e. The van der Waals surface area contributed by atoms with E-state index in [9.17, 15) is 9.59 Å². The highest BCUT2D eigenvalue weighted by Crippen LogP contribution is 2.27. The number of carbonyl (C=O) groups excluding carboxylic acids is 2. The van der Waals surface area contributed by atoms with E-state index in [1.54, 1.807) is 30.3 Å². The molecule has 0 bridgehead atoms. The molecule has 0 aliphatic carbocycles. The highest BCUT2D eigenvalue weighted by molar-refractivity contribution is 6.31. The fourth-order valence-electron chi connectivity index (χ4n) is 3.21. The summed E-state index contributed by atoms with van der Waals surface area (Å²) in [5.41, 5.74) is 1.85. The zero-order valence-electron chi connectivity index (χ0n) is 19.6. The number of anilines is 1. The van der Waals surface area contributed by atoms with Crippen molar-refractivity contribution < 1.29 is 23.8 Å². The van der Waals surface area contributed by atoms with Gasteiger partial charge in [0.15, 0.2) is 11.5 Å². The predicted octanol–water partition coefficient (Wildman–Crippen LogP) is 5.98. The molecule has 1 amide bonds. The molecule has 0 aliphatic rings. The molecule has 4 rings (SSSR count). The number of benzene rings is 3. The van der Waals surface area contributed by atoms with E-state index in [0.29, 0.717) is 21.5 Å². The number of halogens is 2. The first-order chi connectivity index (χ1) is 17.9. The van der Waals surface area contributed by atoms with Crippen LogP contribution in [0.5, 0.6) is 11.5 Å². The molecule has 0 radical (unpaired) electrons. The molecule has 10 heteroatoms. The number of ether oxygens (including phenoxy) is 3. The topological polar surface area (TPSA) is 99.6 Å². The largest absolute Gasteiger partial charge is 0.489 e. The highest BCUT2D eigenvalue weighted by Gasteiger charge is 2.14. The minimum atomic E-state index is -0.631. The fraction of sp³-hybridized carbons (Fsp3) is 0.111. The molecule has 0 spiro atoms. The molecule has 0 aliphatic heterocycles. The third-order valence-corrected chi connectivity index (χ3v) is 5.87. The number of hydrogen-bond donors (Lipinski definition) is 1. The summed E-state index contributed by atoms with van der Waals surface area (Å²) in [7, 11) is 1.24. The summed E-state index contributed by atoms with van der Waals surface area (Å²) >= 11 is 12.5. The van der Waals surface area contributed by atoms with Crippen molar-refractivity contribution >= 4 is 40.9 Å². The molecule has 37 heavy (non-hydrogen) atoms. The van der Waals surface area contributed by atoms with Crippen LogP contribution in [0.4, 0.5) is 5.82 Å². The minimum absolute atomic E-state index is 0.0192. The quantitative estimate of drug-likeness (QED) is 0.262. The van der Waals surface area contributed by atoms with E-state index in [1.165, 1.54) is 19.5 Å². The molecule has 188 valence electrons. The summed E-state index contributed by atoms with van der Waals surface area (Å²) in [5.74, 6) is -0.166. The van der Waals surface area contributed by atoms with Crippen molar-refractivity contribution in [1.82, 2.24) is 9.97 Å². The van der Waals surface area contributed by atoms with Crippen LogP contribution < -0.4 is 14.8 Å². The number of nitrogens with one attached hydrogen (secondary N) is 1. The molecule has 0 saturated heterocycles. The molecule has 4 aromatic rings. The summed E-state index contributed by atoms with van der Waals surface area (Å²) < 4.78 is 16.5. The Morgan fingerprint density at radius 1 is 0.811 bits per heavy atom. The molecular formula is C27H21Cl2N3O5. The van der Waals surface area contributed by atoms with Crippen molar-refractivity contribution in [3.8, 4) is 11.5 Å². The standard InChI is InChI=1S/C27H21Cl2N3O5/c1-35-27(34)24-13-31-25(14-30-24)32-26(33)19-10-20(36-15-17-6-2-4-8-22(17)28)12-21(11-19)37-16-18-7-3-5-9-23(18)29/h2-14H,15-16H2,1H3,(H,31,32,33). The molecule has 0 saturated carbocycles. The van der Waals surface area contributed by atoms with Gasteiger partial charge in [0.2, 0.25) is 0 Å². The van der Waals surface area contributed by atoms with Crippen molar-refractivity contribution in [2.24, 2.45) is 0 Å². The van der Waals surface area contributed by atoms with Crippen LogP contribution in [0.25, 0.3) is 0 Å². The van der Waals surface area contributed by atoms with Crippen molar-refractivity contribution in [3.05, 3.63) is 112 Å². The van der Waals surface area contributed by atoms with Crippen molar-refractivity contribution in [2.75, 3.05) is 12.4 Å². The van der Waals surface area contributed by atoms with Crippen LogP contribution in [-0.2, 0) is 18.0 Å². The second-order valence-corrected chi connectivity index (χ2v) is 8.50. The lowest BCUT2D eigenvalue weighted by Gasteiger charge is -2.13. The van der Waals surface area contributed by atoms with Gasteiger partial charge in [0, 0.05) is 32.8 Å². The predicted molar refractivity (Wildman–Crippen MR) is 139 cm³/mol. The number of hydrogen-bond acceptors (Lipinski definition) is 7. The van der Waals surface area contributed by atoms with Gasteiger partial charge in [-0.25, -0.2) is 14.8 Å². The van der Waals surface area contributed by atoms with Gasteiger partial charge in [-0.05, 0) is 24.3 Å². The van der Waals surface area contributed by atoms with E-state index in [0.717, 1.165) is 11.1 Å². The summed E-state index contributed by atoms with van der Waals surface area (Å²) in [4.78, 5) is 32.6. The Hall–Kier alpha value is -4.14. The molecular weight excluding hydrogens is 517 g/mol. The van der Waals surface area contributed by atoms with Gasteiger partial charge in [-0.2, -0.15) is 0 Å². The number of esters is 1. The summed E-state index contributed by atoms with van der Waals surface area (Å²) in [6.45, 7) is 0.379. The molecule has 0 unspecified atom stereocenters. The second-order valence-electron chi connectivity index (χ2n) is 7.69. The van der Waals surface area contributed by atoms with E-state index < -0.39 is 11.9 Å². The van der Waals surface area contributed by atoms with Crippen molar-refractivity contribution in [2.45, 2.75) is 13.2 Å². The van der Waals surface area contributed by atoms with Crippen molar-refractivity contribution in [3.63, 3.8) is 0 Å². The first kappa shape index (κ1) is 25.9. The maximum Gasteiger partial charge on any atom is 0.358 e. The van der Waals surface area contributed by atoms with Crippen molar-refractivity contribution in [1.29, 1.82) is 0 Å². The van der Waals surface area contributed by atoms with Crippen LogP contribution in [-0.4, -0.2) is 29.0 Å². The normalized spacial score (nSPS) is 10.5. The molecule has 1 aromatic heterocycles. The van der Waals surface area contributed by atoms with E-state index in [-0.39, 0.29) is 30.3 Å². The monoisotopic (exact) mass is 537 g/mol. The van der Waals surface area contributed by atoms with Crippen LogP contribution in [0.15, 0.2) is 79.1 Å². The number of rotatable bonds is 9. The van der Waals surface area contributed by atoms with Crippen LogP contribution >= 0.6 is 23.2 Å². The van der Waals surface area contributed by atoms with Crippen LogP contribution in [0, 0.1) is 0 Å². The van der Waals surface area contributed by atoms with E-state index >= 15 is 0 Å². The lowest BCUT2D eigenvalue weighted by Crippen LogP contribution is -2.14. The summed E-state index contributed by atoms with van der Waals surface area (Å²) in [6, 6.07) is 19.5. The Balaban J connectivity index is 1.55. The number of carbonyl (C=O) groups is 2. The average Bonchev–Trinajstić information content (AvgIpc) is 2.92. The maximum absolute atomic E-state index is 13.0. The third-order valence-electron chi connectivity index (χ3n) is 5.13. The Morgan fingerprint density at radius 3 is 1.86 bits per heavy atom. The van der Waals surface area contributed by atoms with Gasteiger partial charge in [-0.1, -0.05) is 59.6 Å². The Bertz CT molecular complexity index is 1350. The van der Waals surface area contributed by atoms with Gasteiger partial charge in [-0.15, -0.1) is 0 Å². The second kappa shape index (κ2) is 12.2. The summed E-state index contributed by atoms with van der Waals surface area (Å²) in [6.07, 6.45) is 2.47. The van der Waals surface area contributed by atoms with Gasteiger partial charge < -0.3 is 19.5 Å². The molecule has 1 N–H and O–H groups in total. The van der Waals surface area contributed by atoms with Gasteiger partial charge in [0.25, 0.3) is 5.91 Å². The van der Waals surface area contributed by atoms with E-state index in [2.05, 4.69) is 20.0 Å². The average molecular weight is 538 g/mol. The van der Waals surface area contributed by atoms with Crippen LogP contribution in [0.2, 0.25) is 10.0 Å². The van der Waals surface area contributed by atoms with E-state index in [1.807, 2.05) is 36.4 Å². The molecule has 0 fully saturated rings. The number of amides is 1. The van der Waals surface area contributed by atoms with Gasteiger partial charge in [-0.3, -0.25) is 4.79 Å². The summed E-state index contributed by atoms with van der Waals surface area (Å²) in [5, 5.41) is 3.78. The number of aromatic nitrogens is 2. The molecule has 0 atom stereocenters. The van der Waals surface area contributed by atoms with Crippen LogP contribution in [0.3, 0.4) is 0 Å². The number of nitrogens with zero attached hydrogens (tertiary/aromatic N) is 2. The third kappa shape index (κ3) is 6.97. The molecule has 1 heterocycles. The first-order valence-corrected chi connectivity index (χ1v) is 11.8. The molecule has 8 nitrogen and oxygen atoms in total.